The molecule has 0 heterocycles. The van der Waals surface area contributed by atoms with Crippen molar-refractivity contribution >= 4 is 5.78 Å². The Morgan fingerprint density at radius 3 is 2.71 bits per heavy atom. The zero-order chi connectivity index (χ0) is 10.8. The summed E-state index contributed by atoms with van der Waals surface area (Å²) in [6.45, 7) is 9.44. The predicted octanol–water partition coefficient (Wildman–Crippen LogP) is 2.81. The van der Waals surface area contributed by atoms with Crippen LogP contribution in [0.4, 0.5) is 0 Å². The topological polar surface area (TPSA) is 26.3 Å². The Kier molecular flexibility index (Phi) is 3.71. The maximum atomic E-state index is 11.3. The molecule has 82 valence electrons. The Labute approximate surface area is 87.0 Å². The number of carbonyl (C=O) groups excluding carboxylic acids is 1. The summed E-state index contributed by atoms with van der Waals surface area (Å²) in [6, 6.07) is 0. The van der Waals surface area contributed by atoms with Gasteiger partial charge in [0.25, 0.3) is 0 Å². The van der Waals surface area contributed by atoms with E-state index in [1.165, 1.54) is 0 Å². The lowest BCUT2D eigenvalue weighted by Crippen LogP contribution is -2.39. The molecule has 1 rings (SSSR count). The fourth-order valence-electron chi connectivity index (χ4n) is 1.80. The van der Waals surface area contributed by atoms with Gasteiger partial charge in [-0.3, -0.25) is 4.79 Å². The highest BCUT2D eigenvalue weighted by Gasteiger charge is 2.36. The molecule has 0 bridgehead atoms. The average molecular weight is 198 g/mol. The highest BCUT2D eigenvalue weighted by atomic mass is 16.5. The first kappa shape index (κ1) is 11.7. The summed E-state index contributed by atoms with van der Waals surface area (Å²) in [6.07, 6.45) is 2.44. The van der Waals surface area contributed by atoms with Crippen LogP contribution in [0.2, 0.25) is 0 Å². The quantitative estimate of drug-likeness (QED) is 0.697. The molecule has 1 fully saturated rings. The number of Topliss-reactive ketones (excluding diaryl/α,β-unsaturated/α-hetero) is 1. The number of rotatable bonds is 3. The van der Waals surface area contributed by atoms with Gasteiger partial charge in [-0.05, 0) is 17.8 Å². The fourth-order valence-corrected chi connectivity index (χ4v) is 1.80. The zero-order valence-corrected chi connectivity index (χ0v) is 9.80. The lowest BCUT2D eigenvalue weighted by atomic mass is 9.74. The van der Waals surface area contributed by atoms with Crippen LogP contribution < -0.4 is 0 Å². The molecule has 0 spiro atoms. The van der Waals surface area contributed by atoms with Crippen LogP contribution in [0.5, 0.6) is 0 Å². The number of ether oxygens (including phenoxy) is 1. The number of hydrogen-bond donors (Lipinski definition) is 0. The molecule has 1 aliphatic carbocycles. The summed E-state index contributed by atoms with van der Waals surface area (Å²) in [5.74, 6) is 0.904. The van der Waals surface area contributed by atoms with E-state index in [-0.39, 0.29) is 11.5 Å². The molecule has 0 amide bonds. The molecule has 1 saturated carbocycles. The zero-order valence-electron chi connectivity index (χ0n) is 9.80. The standard InChI is InChI=1S/C12H22O2/c1-9(2)8-14-11-7-10(13)5-6-12(11,3)4/h9,11H,5-8H2,1-4H3. The van der Waals surface area contributed by atoms with Crippen molar-refractivity contribution in [3.8, 4) is 0 Å². The van der Waals surface area contributed by atoms with Gasteiger partial charge in [0.2, 0.25) is 0 Å². The molecular formula is C12H22O2. The molecule has 2 heteroatoms. The van der Waals surface area contributed by atoms with Crippen LogP contribution in [0, 0.1) is 11.3 Å². The summed E-state index contributed by atoms with van der Waals surface area (Å²) >= 11 is 0. The molecule has 0 aromatic rings. The largest absolute Gasteiger partial charge is 0.377 e. The summed E-state index contributed by atoms with van der Waals surface area (Å²) in [7, 11) is 0. The van der Waals surface area contributed by atoms with Gasteiger partial charge in [0.1, 0.15) is 5.78 Å². The summed E-state index contributed by atoms with van der Waals surface area (Å²) < 4.78 is 5.81. The van der Waals surface area contributed by atoms with Crippen molar-refractivity contribution < 1.29 is 9.53 Å². The molecule has 1 aliphatic rings. The summed E-state index contributed by atoms with van der Waals surface area (Å²) in [4.78, 5) is 11.3. The Morgan fingerprint density at radius 2 is 2.14 bits per heavy atom. The molecule has 0 aromatic heterocycles. The second-order valence-electron chi connectivity index (χ2n) is 5.45. The minimum atomic E-state index is 0.131. The second-order valence-corrected chi connectivity index (χ2v) is 5.45. The van der Waals surface area contributed by atoms with E-state index in [0.717, 1.165) is 19.4 Å². The van der Waals surface area contributed by atoms with Gasteiger partial charge in [0.05, 0.1) is 6.10 Å². The van der Waals surface area contributed by atoms with Gasteiger partial charge in [-0.15, -0.1) is 0 Å². The van der Waals surface area contributed by atoms with Gasteiger partial charge in [0, 0.05) is 19.4 Å². The maximum Gasteiger partial charge on any atom is 0.135 e. The molecule has 0 radical (unpaired) electrons. The predicted molar refractivity (Wildman–Crippen MR) is 57.2 cm³/mol. The van der Waals surface area contributed by atoms with Gasteiger partial charge in [-0.25, -0.2) is 0 Å². The van der Waals surface area contributed by atoms with E-state index < -0.39 is 0 Å². The van der Waals surface area contributed by atoms with Crippen molar-refractivity contribution in [2.45, 2.75) is 53.1 Å². The second kappa shape index (κ2) is 4.43. The van der Waals surface area contributed by atoms with Crippen molar-refractivity contribution in [1.29, 1.82) is 0 Å². The van der Waals surface area contributed by atoms with E-state index in [2.05, 4.69) is 27.7 Å². The van der Waals surface area contributed by atoms with Gasteiger partial charge in [0.15, 0.2) is 0 Å². The van der Waals surface area contributed by atoms with Crippen LogP contribution >= 0.6 is 0 Å². The van der Waals surface area contributed by atoms with E-state index >= 15 is 0 Å². The highest BCUT2D eigenvalue weighted by Crippen LogP contribution is 2.36. The van der Waals surface area contributed by atoms with Crippen LogP contribution in [0.3, 0.4) is 0 Å². The fraction of sp³-hybridized carbons (Fsp3) is 0.917. The molecule has 0 aromatic carbocycles. The van der Waals surface area contributed by atoms with Gasteiger partial charge in [-0.2, -0.15) is 0 Å². The van der Waals surface area contributed by atoms with E-state index in [0.29, 0.717) is 18.1 Å². The van der Waals surface area contributed by atoms with E-state index in [1.54, 1.807) is 0 Å². The first-order chi connectivity index (χ1) is 6.42. The van der Waals surface area contributed by atoms with Crippen molar-refractivity contribution in [2.24, 2.45) is 11.3 Å². The maximum absolute atomic E-state index is 11.3. The first-order valence-electron chi connectivity index (χ1n) is 5.55. The van der Waals surface area contributed by atoms with Crippen LogP contribution in [0.15, 0.2) is 0 Å². The van der Waals surface area contributed by atoms with Crippen molar-refractivity contribution in [3.05, 3.63) is 0 Å². The van der Waals surface area contributed by atoms with Crippen LogP contribution in [0.25, 0.3) is 0 Å². The molecule has 0 N–H and O–H groups in total. The average Bonchev–Trinajstić information content (AvgIpc) is 2.07. The van der Waals surface area contributed by atoms with E-state index in [9.17, 15) is 4.79 Å². The van der Waals surface area contributed by atoms with Gasteiger partial charge in [-0.1, -0.05) is 27.7 Å². The third-order valence-electron chi connectivity index (χ3n) is 2.96. The Balaban J connectivity index is 2.50. The highest BCUT2D eigenvalue weighted by molar-refractivity contribution is 5.79. The molecule has 0 aliphatic heterocycles. The monoisotopic (exact) mass is 198 g/mol. The first-order valence-corrected chi connectivity index (χ1v) is 5.55. The summed E-state index contributed by atoms with van der Waals surface area (Å²) in [5, 5.41) is 0. The van der Waals surface area contributed by atoms with Crippen molar-refractivity contribution in [2.75, 3.05) is 6.61 Å². The minimum absolute atomic E-state index is 0.131. The molecule has 1 atom stereocenters. The lowest BCUT2D eigenvalue weighted by molar-refractivity contribution is -0.132. The summed E-state index contributed by atoms with van der Waals surface area (Å²) in [5.41, 5.74) is 0.169. The lowest BCUT2D eigenvalue weighted by Gasteiger charge is -2.37. The molecule has 2 nitrogen and oxygen atoms in total. The molecule has 0 saturated heterocycles. The Morgan fingerprint density at radius 1 is 1.50 bits per heavy atom. The van der Waals surface area contributed by atoms with Crippen molar-refractivity contribution in [1.82, 2.24) is 0 Å². The van der Waals surface area contributed by atoms with E-state index in [1.807, 2.05) is 0 Å². The SMILES string of the molecule is CC(C)COC1CC(=O)CCC1(C)C. The molecule has 14 heavy (non-hydrogen) atoms. The molecular weight excluding hydrogens is 176 g/mol. The minimum Gasteiger partial charge on any atom is -0.377 e. The number of ketones is 1. The normalized spacial score (nSPS) is 26.9. The third-order valence-corrected chi connectivity index (χ3v) is 2.96. The smallest absolute Gasteiger partial charge is 0.135 e. The van der Waals surface area contributed by atoms with Gasteiger partial charge < -0.3 is 4.74 Å². The number of hydrogen-bond acceptors (Lipinski definition) is 2. The van der Waals surface area contributed by atoms with E-state index in [4.69, 9.17) is 4.74 Å². The third kappa shape index (κ3) is 3.09. The van der Waals surface area contributed by atoms with Crippen LogP contribution in [-0.2, 0) is 9.53 Å². The van der Waals surface area contributed by atoms with Crippen LogP contribution in [0.1, 0.15) is 47.0 Å². The molecule has 1 unspecified atom stereocenters. The number of carbonyl (C=O) groups is 1. The van der Waals surface area contributed by atoms with Crippen molar-refractivity contribution in [3.63, 3.8) is 0 Å². The van der Waals surface area contributed by atoms with Crippen LogP contribution in [-0.4, -0.2) is 18.5 Å². The Hall–Kier alpha value is -0.370. The van der Waals surface area contributed by atoms with Gasteiger partial charge >= 0.3 is 0 Å². The Bertz CT molecular complexity index is 206.